The molecule has 0 fully saturated rings. The minimum atomic E-state index is -0.284. The Morgan fingerprint density at radius 1 is 0.520 bits per heavy atom. The summed E-state index contributed by atoms with van der Waals surface area (Å²) in [6.07, 6.45) is -0.284. The molecule has 50 heavy (non-hydrogen) atoms. The first-order valence-corrected chi connectivity index (χ1v) is 16.9. The normalized spacial score (nSPS) is 14.6. The maximum atomic E-state index is 6.41. The van der Waals surface area contributed by atoms with Gasteiger partial charge >= 0.3 is 0 Å². The van der Waals surface area contributed by atoms with E-state index in [1.165, 1.54) is 10.8 Å². The lowest BCUT2D eigenvalue weighted by Gasteiger charge is -2.24. The van der Waals surface area contributed by atoms with Crippen LogP contribution in [0.5, 0.6) is 0 Å². The lowest BCUT2D eigenvalue weighted by atomic mass is 10.0. The molecule has 0 aliphatic carbocycles. The van der Waals surface area contributed by atoms with Crippen LogP contribution in [0.1, 0.15) is 22.9 Å². The summed E-state index contributed by atoms with van der Waals surface area (Å²) in [5.74, 6) is 1.53. The summed E-state index contributed by atoms with van der Waals surface area (Å²) in [5, 5.41) is 8.27. The third kappa shape index (κ3) is 4.63. The zero-order valence-corrected chi connectivity index (χ0v) is 27.0. The highest BCUT2D eigenvalue weighted by Gasteiger charge is 2.22. The second-order valence-corrected chi connectivity index (χ2v) is 12.6. The Hall–Kier alpha value is -6.72. The van der Waals surface area contributed by atoms with Crippen LogP contribution >= 0.6 is 0 Å². The lowest BCUT2D eigenvalue weighted by Crippen LogP contribution is -2.33. The monoisotopic (exact) mass is 642 g/mol. The van der Waals surface area contributed by atoms with Crippen LogP contribution in [0.25, 0.3) is 60.6 Å². The Morgan fingerprint density at radius 3 is 2.02 bits per heavy atom. The van der Waals surface area contributed by atoms with E-state index in [2.05, 4.69) is 131 Å². The molecule has 10 rings (SSSR count). The molecule has 5 heteroatoms. The van der Waals surface area contributed by atoms with E-state index in [9.17, 15) is 0 Å². The molecule has 1 aliphatic heterocycles. The largest absolute Gasteiger partial charge is 0.455 e. The van der Waals surface area contributed by atoms with Crippen molar-refractivity contribution in [3.8, 4) is 16.8 Å². The maximum absolute atomic E-state index is 6.41. The molecule has 0 spiro atoms. The minimum Gasteiger partial charge on any atom is -0.455 e. The molecule has 0 bridgehead atoms. The third-order valence-electron chi connectivity index (χ3n) is 9.68. The number of nitrogens with one attached hydrogen (secondary N) is 1. The lowest BCUT2D eigenvalue weighted by molar-refractivity contribution is 0.670. The summed E-state index contributed by atoms with van der Waals surface area (Å²) in [4.78, 5) is 9.99. The van der Waals surface area contributed by atoms with Crippen LogP contribution in [0.2, 0.25) is 0 Å². The molecule has 0 radical (unpaired) electrons. The number of aliphatic imine (C=N–C) groups is 2. The summed E-state index contributed by atoms with van der Waals surface area (Å²) < 4.78 is 8.76. The third-order valence-corrected chi connectivity index (χ3v) is 9.68. The Labute approximate surface area is 288 Å². The Morgan fingerprint density at radius 2 is 1.20 bits per heavy atom. The van der Waals surface area contributed by atoms with Crippen LogP contribution in [-0.4, -0.2) is 16.2 Å². The molecule has 7 aromatic carbocycles. The summed E-state index contributed by atoms with van der Waals surface area (Å²) in [5.41, 5.74) is 10.5. The minimum absolute atomic E-state index is 0.284. The van der Waals surface area contributed by atoms with Gasteiger partial charge in [-0.3, -0.25) is 0 Å². The van der Waals surface area contributed by atoms with Crippen LogP contribution in [0.15, 0.2) is 184 Å². The molecule has 2 aromatic heterocycles. The molecule has 9 aromatic rings. The van der Waals surface area contributed by atoms with Gasteiger partial charge in [0.2, 0.25) is 0 Å². The molecule has 5 nitrogen and oxygen atoms in total. The molecule has 0 amide bonds. The summed E-state index contributed by atoms with van der Waals surface area (Å²) >= 11 is 0. The van der Waals surface area contributed by atoms with Crippen molar-refractivity contribution in [1.82, 2.24) is 9.88 Å². The number of hydrogen-bond donors (Lipinski definition) is 1. The van der Waals surface area contributed by atoms with Gasteiger partial charge in [0, 0.05) is 43.9 Å². The zero-order chi connectivity index (χ0) is 33.0. The van der Waals surface area contributed by atoms with Gasteiger partial charge < -0.3 is 14.3 Å². The number of furan rings is 1. The average molecular weight is 643 g/mol. The van der Waals surface area contributed by atoms with Crippen molar-refractivity contribution in [3.05, 3.63) is 187 Å². The fourth-order valence-corrected chi connectivity index (χ4v) is 7.28. The van der Waals surface area contributed by atoms with Crippen molar-refractivity contribution in [2.24, 2.45) is 9.98 Å². The SMILES string of the molecule is c1ccc(C2=NC(c3ccc(-n4c5ccccc5c5cc(-c6cccc7c6oc6ccccc67)ccc54)cc3)NC(c3ccccc3)=N2)cc1. The molecule has 0 saturated carbocycles. The van der Waals surface area contributed by atoms with Gasteiger partial charge in [0.15, 0.2) is 5.84 Å². The van der Waals surface area contributed by atoms with Crippen molar-refractivity contribution in [2.45, 2.75) is 6.17 Å². The highest BCUT2D eigenvalue weighted by molar-refractivity contribution is 6.14. The molecule has 0 saturated heterocycles. The first-order valence-electron chi connectivity index (χ1n) is 16.9. The van der Waals surface area contributed by atoms with Crippen LogP contribution in [-0.2, 0) is 0 Å². The Bertz CT molecular complexity index is 2770. The topological polar surface area (TPSA) is 54.8 Å². The number of aromatic nitrogens is 1. The van der Waals surface area contributed by atoms with E-state index in [4.69, 9.17) is 14.4 Å². The summed E-state index contributed by atoms with van der Waals surface area (Å²) in [6, 6.07) is 59.2. The quantitative estimate of drug-likeness (QED) is 0.203. The van der Waals surface area contributed by atoms with Crippen LogP contribution in [0.4, 0.5) is 0 Å². The number of fused-ring (bicyclic) bond motifs is 6. The van der Waals surface area contributed by atoms with E-state index < -0.39 is 0 Å². The van der Waals surface area contributed by atoms with E-state index in [1.54, 1.807) is 0 Å². The average Bonchev–Trinajstić information content (AvgIpc) is 3.74. The van der Waals surface area contributed by atoms with Gasteiger partial charge in [0.25, 0.3) is 0 Å². The van der Waals surface area contributed by atoms with E-state index in [0.717, 1.165) is 72.3 Å². The van der Waals surface area contributed by atoms with Gasteiger partial charge in [-0.2, -0.15) is 0 Å². The molecule has 1 N–H and O–H groups in total. The van der Waals surface area contributed by atoms with Crippen molar-refractivity contribution in [1.29, 1.82) is 0 Å². The first-order chi connectivity index (χ1) is 24.8. The summed E-state index contributed by atoms with van der Waals surface area (Å²) in [6.45, 7) is 0. The van der Waals surface area contributed by atoms with E-state index in [0.29, 0.717) is 5.84 Å². The smallest absolute Gasteiger partial charge is 0.159 e. The van der Waals surface area contributed by atoms with Crippen molar-refractivity contribution < 1.29 is 4.42 Å². The number of amidine groups is 2. The molecule has 3 heterocycles. The van der Waals surface area contributed by atoms with Gasteiger partial charge in [-0.1, -0.05) is 133 Å². The predicted molar refractivity (Wildman–Crippen MR) is 205 cm³/mol. The van der Waals surface area contributed by atoms with E-state index >= 15 is 0 Å². The number of rotatable bonds is 5. The molecular formula is C45H30N4O. The fraction of sp³-hybridized carbons (Fsp3) is 0.0222. The Balaban J connectivity index is 1.06. The standard InChI is InChI=1S/C45H30N4O/c1-3-12-29(13-4-1)43-46-44(30-14-5-2-6-15-30)48-45(47-43)31-22-25-33(26-23-31)49-39-20-9-7-16-35(39)38-28-32(24-27-40(38)49)34-18-11-19-37-36-17-8-10-21-41(36)50-42(34)37/h1-28,45H,(H,46,47,48). The molecule has 1 atom stereocenters. The van der Waals surface area contributed by atoms with Crippen LogP contribution in [0.3, 0.4) is 0 Å². The van der Waals surface area contributed by atoms with E-state index in [-0.39, 0.29) is 6.17 Å². The van der Waals surface area contributed by atoms with Crippen molar-refractivity contribution in [2.75, 3.05) is 0 Å². The molecule has 1 unspecified atom stereocenters. The first kappa shape index (κ1) is 28.3. The second-order valence-electron chi connectivity index (χ2n) is 12.6. The number of nitrogens with zero attached hydrogens (tertiary/aromatic N) is 3. The van der Waals surface area contributed by atoms with Crippen LogP contribution < -0.4 is 5.32 Å². The highest BCUT2D eigenvalue weighted by Crippen LogP contribution is 2.39. The molecule has 1 aliphatic rings. The number of hydrogen-bond acceptors (Lipinski definition) is 4. The number of benzene rings is 7. The van der Waals surface area contributed by atoms with Gasteiger partial charge in [-0.05, 0) is 47.5 Å². The molecular weight excluding hydrogens is 613 g/mol. The van der Waals surface area contributed by atoms with Crippen molar-refractivity contribution in [3.63, 3.8) is 0 Å². The second kappa shape index (κ2) is 11.5. The Kier molecular flexibility index (Phi) is 6.49. The van der Waals surface area contributed by atoms with Gasteiger partial charge in [0.1, 0.15) is 23.2 Å². The highest BCUT2D eigenvalue weighted by atomic mass is 16.3. The van der Waals surface area contributed by atoms with Gasteiger partial charge in [0.05, 0.1) is 11.0 Å². The van der Waals surface area contributed by atoms with Crippen molar-refractivity contribution >= 4 is 55.4 Å². The maximum Gasteiger partial charge on any atom is 0.159 e. The van der Waals surface area contributed by atoms with Crippen LogP contribution in [0, 0.1) is 0 Å². The fourth-order valence-electron chi connectivity index (χ4n) is 7.28. The summed E-state index contributed by atoms with van der Waals surface area (Å²) in [7, 11) is 0. The number of para-hydroxylation sites is 3. The van der Waals surface area contributed by atoms with Gasteiger partial charge in [-0.15, -0.1) is 0 Å². The zero-order valence-electron chi connectivity index (χ0n) is 27.0. The van der Waals surface area contributed by atoms with Gasteiger partial charge in [-0.25, -0.2) is 9.98 Å². The molecule has 236 valence electrons. The van der Waals surface area contributed by atoms with E-state index in [1.807, 2.05) is 48.5 Å². The predicted octanol–water partition coefficient (Wildman–Crippen LogP) is 10.8.